The fourth-order valence-corrected chi connectivity index (χ4v) is 3.00. The van der Waals surface area contributed by atoms with Crippen molar-refractivity contribution in [2.24, 2.45) is 0 Å². The largest absolute Gasteiger partial charge is 0.496 e. The number of amides is 2. The molecule has 0 aromatic heterocycles. The first-order valence-electron chi connectivity index (χ1n) is 8.48. The summed E-state index contributed by atoms with van der Waals surface area (Å²) in [4.78, 5) is 24.8. The van der Waals surface area contributed by atoms with Gasteiger partial charge in [0.05, 0.1) is 12.7 Å². The van der Waals surface area contributed by atoms with E-state index in [0.717, 1.165) is 10.8 Å². The van der Waals surface area contributed by atoms with Crippen molar-refractivity contribution in [3.8, 4) is 5.75 Å². The predicted octanol–water partition coefficient (Wildman–Crippen LogP) is 3.66. The number of benzene rings is 3. The summed E-state index contributed by atoms with van der Waals surface area (Å²) in [5.41, 5.74) is 0.960. The molecular weight excluding hydrogens is 364 g/mol. The van der Waals surface area contributed by atoms with Crippen molar-refractivity contribution >= 4 is 34.2 Å². The van der Waals surface area contributed by atoms with Crippen molar-refractivity contribution < 1.29 is 14.3 Å². The summed E-state index contributed by atoms with van der Waals surface area (Å²) in [6.07, 6.45) is 0. The van der Waals surface area contributed by atoms with Gasteiger partial charge in [0.15, 0.2) is 0 Å². The Morgan fingerprint density at radius 2 is 1.56 bits per heavy atom. The van der Waals surface area contributed by atoms with Gasteiger partial charge in [0, 0.05) is 23.7 Å². The van der Waals surface area contributed by atoms with Crippen LogP contribution in [0, 0.1) is 0 Å². The molecule has 0 unspecified atom stereocenters. The molecule has 0 aliphatic carbocycles. The number of rotatable bonds is 6. The van der Waals surface area contributed by atoms with E-state index in [0.29, 0.717) is 28.4 Å². The summed E-state index contributed by atoms with van der Waals surface area (Å²) in [5.74, 6) is -0.0492. The van der Waals surface area contributed by atoms with Crippen molar-refractivity contribution in [3.05, 3.63) is 76.8 Å². The predicted molar refractivity (Wildman–Crippen MR) is 107 cm³/mol. The molecule has 0 heterocycles. The average molecular weight is 383 g/mol. The van der Waals surface area contributed by atoms with Crippen molar-refractivity contribution in [2.75, 3.05) is 20.2 Å². The third-order valence-electron chi connectivity index (χ3n) is 4.14. The van der Waals surface area contributed by atoms with Crippen LogP contribution in [-0.4, -0.2) is 32.0 Å². The standard InChI is InChI=1S/C21H19ClN2O3/c1-27-19-10-9-15(22)13-18(19)21(26)24-12-11-23-20(25)17-8-4-6-14-5-2-3-7-16(14)17/h2-10,13H,11-12H2,1H3,(H,23,25)(H,24,26). The second-order valence-electron chi connectivity index (χ2n) is 5.88. The molecule has 0 saturated carbocycles. The maximum Gasteiger partial charge on any atom is 0.255 e. The molecule has 2 N–H and O–H groups in total. The first kappa shape index (κ1) is 18.7. The van der Waals surface area contributed by atoms with Crippen molar-refractivity contribution in [1.82, 2.24) is 10.6 Å². The van der Waals surface area contributed by atoms with Crippen molar-refractivity contribution in [1.29, 1.82) is 0 Å². The first-order valence-corrected chi connectivity index (χ1v) is 8.85. The summed E-state index contributed by atoms with van der Waals surface area (Å²) in [5, 5.41) is 7.93. The van der Waals surface area contributed by atoms with Gasteiger partial charge < -0.3 is 15.4 Å². The number of fused-ring (bicyclic) bond motifs is 1. The summed E-state index contributed by atoms with van der Waals surface area (Å²) in [6.45, 7) is 0.585. The number of halogens is 1. The van der Waals surface area contributed by atoms with E-state index in [9.17, 15) is 9.59 Å². The highest BCUT2D eigenvalue weighted by Crippen LogP contribution is 2.22. The quantitative estimate of drug-likeness (QED) is 0.639. The molecule has 3 rings (SSSR count). The highest BCUT2D eigenvalue weighted by molar-refractivity contribution is 6.31. The Balaban J connectivity index is 1.58. The van der Waals surface area contributed by atoms with E-state index in [-0.39, 0.29) is 18.4 Å². The van der Waals surface area contributed by atoms with Crippen LogP contribution < -0.4 is 15.4 Å². The molecule has 0 saturated heterocycles. The van der Waals surface area contributed by atoms with E-state index in [2.05, 4.69) is 10.6 Å². The van der Waals surface area contributed by atoms with Crippen LogP contribution in [-0.2, 0) is 0 Å². The van der Waals surface area contributed by atoms with Crippen LogP contribution in [0.3, 0.4) is 0 Å². The van der Waals surface area contributed by atoms with E-state index in [4.69, 9.17) is 16.3 Å². The minimum absolute atomic E-state index is 0.179. The number of hydrogen-bond acceptors (Lipinski definition) is 3. The van der Waals surface area contributed by atoms with Gasteiger partial charge in [-0.05, 0) is 35.0 Å². The number of ether oxygens (including phenoxy) is 1. The summed E-state index contributed by atoms with van der Waals surface area (Å²) in [6, 6.07) is 18.2. The van der Waals surface area contributed by atoms with Gasteiger partial charge in [0.25, 0.3) is 11.8 Å². The maximum atomic E-state index is 12.5. The van der Waals surface area contributed by atoms with E-state index in [1.807, 2.05) is 36.4 Å². The molecule has 3 aromatic rings. The number of carbonyl (C=O) groups is 2. The Bertz CT molecular complexity index is 983. The molecule has 0 bridgehead atoms. The minimum atomic E-state index is -0.311. The Kier molecular flexibility index (Phi) is 5.94. The molecule has 2 amide bonds. The van der Waals surface area contributed by atoms with Crippen molar-refractivity contribution in [3.63, 3.8) is 0 Å². The Labute approximate surface area is 162 Å². The smallest absolute Gasteiger partial charge is 0.255 e. The van der Waals surface area contributed by atoms with E-state index in [1.54, 1.807) is 24.3 Å². The molecule has 138 valence electrons. The van der Waals surface area contributed by atoms with Gasteiger partial charge >= 0.3 is 0 Å². The Morgan fingerprint density at radius 1 is 0.889 bits per heavy atom. The van der Waals surface area contributed by atoms with Crippen LogP contribution in [0.5, 0.6) is 5.75 Å². The molecule has 6 heteroatoms. The van der Waals surface area contributed by atoms with Gasteiger partial charge in [0.1, 0.15) is 5.75 Å². The number of methoxy groups -OCH3 is 1. The lowest BCUT2D eigenvalue weighted by molar-refractivity contribution is 0.0926. The van der Waals surface area contributed by atoms with Crippen molar-refractivity contribution in [2.45, 2.75) is 0 Å². The number of carbonyl (C=O) groups excluding carboxylic acids is 2. The lowest BCUT2D eigenvalue weighted by atomic mass is 10.0. The minimum Gasteiger partial charge on any atom is -0.496 e. The normalized spacial score (nSPS) is 10.4. The molecule has 0 fully saturated rings. The van der Waals surface area contributed by atoms with Crippen LogP contribution in [0.1, 0.15) is 20.7 Å². The molecular formula is C21H19ClN2O3. The molecule has 0 aliphatic rings. The van der Waals surface area contributed by atoms with Crippen LogP contribution in [0.15, 0.2) is 60.7 Å². The molecule has 0 spiro atoms. The topological polar surface area (TPSA) is 67.4 Å². The fourth-order valence-electron chi connectivity index (χ4n) is 2.82. The molecule has 0 radical (unpaired) electrons. The fraction of sp³-hybridized carbons (Fsp3) is 0.143. The van der Waals surface area contributed by atoms with E-state index in [1.165, 1.54) is 7.11 Å². The van der Waals surface area contributed by atoms with Crippen LogP contribution in [0.25, 0.3) is 10.8 Å². The molecule has 0 atom stereocenters. The van der Waals surface area contributed by atoms with Gasteiger partial charge in [-0.3, -0.25) is 9.59 Å². The first-order chi connectivity index (χ1) is 13.1. The van der Waals surface area contributed by atoms with E-state index >= 15 is 0 Å². The Morgan fingerprint density at radius 3 is 2.30 bits per heavy atom. The van der Waals surface area contributed by atoms with Gasteiger partial charge in [-0.1, -0.05) is 48.0 Å². The van der Waals surface area contributed by atoms with Gasteiger partial charge in [-0.15, -0.1) is 0 Å². The second-order valence-corrected chi connectivity index (χ2v) is 6.32. The zero-order valence-electron chi connectivity index (χ0n) is 14.8. The zero-order valence-corrected chi connectivity index (χ0v) is 15.5. The molecule has 3 aromatic carbocycles. The summed E-state index contributed by atoms with van der Waals surface area (Å²) < 4.78 is 5.18. The lowest BCUT2D eigenvalue weighted by Crippen LogP contribution is -2.34. The van der Waals surface area contributed by atoms with Crippen LogP contribution in [0.4, 0.5) is 0 Å². The van der Waals surface area contributed by atoms with E-state index < -0.39 is 0 Å². The van der Waals surface area contributed by atoms with Gasteiger partial charge in [-0.25, -0.2) is 0 Å². The zero-order chi connectivity index (χ0) is 19.2. The average Bonchev–Trinajstić information content (AvgIpc) is 2.70. The van der Waals surface area contributed by atoms with Gasteiger partial charge in [0.2, 0.25) is 0 Å². The summed E-state index contributed by atoms with van der Waals surface area (Å²) in [7, 11) is 1.49. The highest BCUT2D eigenvalue weighted by atomic mass is 35.5. The van der Waals surface area contributed by atoms with Crippen LogP contribution in [0.2, 0.25) is 5.02 Å². The third kappa shape index (κ3) is 4.38. The van der Waals surface area contributed by atoms with Gasteiger partial charge in [-0.2, -0.15) is 0 Å². The molecule has 5 nitrogen and oxygen atoms in total. The number of hydrogen-bond donors (Lipinski definition) is 2. The second kappa shape index (κ2) is 8.56. The summed E-state index contributed by atoms with van der Waals surface area (Å²) >= 11 is 5.94. The maximum absolute atomic E-state index is 12.5. The highest BCUT2D eigenvalue weighted by Gasteiger charge is 2.13. The van der Waals surface area contributed by atoms with Crippen LogP contribution >= 0.6 is 11.6 Å². The SMILES string of the molecule is COc1ccc(Cl)cc1C(=O)NCCNC(=O)c1cccc2ccccc12. The third-order valence-corrected chi connectivity index (χ3v) is 4.37. The Hall–Kier alpha value is -3.05. The monoisotopic (exact) mass is 382 g/mol. The molecule has 27 heavy (non-hydrogen) atoms. The lowest BCUT2D eigenvalue weighted by Gasteiger charge is -2.11. The molecule has 0 aliphatic heterocycles. The number of nitrogens with one attached hydrogen (secondary N) is 2.